The van der Waals surface area contributed by atoms with Crippen LogP contribution in [0.15, 0.2) is 30.3 Å². The summed E-state index contributed by atoms with van der Waals surface area (Å²) in [6, 6.07) is 9.45. The molecule has 1 aromatic carbocycles. The van der Waals surface area contributed by atoms with Crippen molar-refractivity contribution in [2.45, 2.75) is 26.8 Å². The average Bonchev–Trinajstić information content (AvgIpc) is 2.37. The first-order valence-corrected chi connectivity index (χ1v) is 6.01. The molecule has 2 N–H and O–H groups in total. The van der Waals surface area contributed by atoms with Crippen LogP contribution in [0.5, 0.6) is 0 Å². The molecule has 0 aliphatic carbocycles. The smallest absolute Gasteiger partial charge is 0.307 e. The van der Waals surface area contributed by atoms with Gasteiger partial charge in [0.15, 0.2) is 0 Å². The van der Waals surface area contributed by atoms with Gasteiger partial charge in [-0.2, -0.15) is 0 Å². The number of amides is 1. The van der Waals surface area contributed by atoms with Crippen LogP contribution in [0.4, 0.5) is 0 Å². The molecule has 0 aromatic heterocycles. The summed E-state index contributed by atoms with van der Waals surface area (Å²) in [5, 5.41) is 11.7. The molecule has 0 saturated heterocycles. The fourth-order valence-electron chi connectivity index (χ4n) is 1.61. The first kappa shape index (κ1) is 14.2. The molecule has 4 heteroatoms. The van der Waals surface area contributed by atoms with Crippen LogP contribution in [-0.4, -0.2) is 17.0 Å². The van der Waals surface area contributed by atoms with E-state index in [1.165, 1.54) is 0 Å². The van der Waals surface area contributed by atoms with Gasteiger partial charge in [0.2, 0.25) is 5.91 Å². The van der Waals surface area contributed by atoms with Crippen molar-refractivity contribution in [3.63, 3.8) is 0 Å². The van der Waals surface area contributed by atoms with Gasteiger partial charge < -0.3 is 10.4 Å². The number of carboxylic acids is 1. The van der Waals surface area contributed by atoms with E-state index in [2.05, 4.69) is 5.32 Å². The van der Waals surface area contributed by atoms with Crippen molar-refractivity contribution in [1.82, 2.24) is 5.32 Å². The molecular weight excluding hydrogens is 230 g/mol. The lowest BCUT2D eigenvalue weighted by atomic mass is 9.95. The number of carbonyl (C=O) groups excluding carboxylic acids is 1. The van der Waals surface area contributed by atoms with Gasteiger partial charge in [-0.25, -0.2) is 0 Å². The van der Waals surface area contributed by atoms with E-state index in [4.69, 9.17) is 5.11 Å². The Hall–Kier alpha value is -1.84. The summed E-state index contributed by atoms with van der Waals surface area (Å²) < 4.78 is 0. The molecule has 0 spiro atoms. The molecule has 18 heavy (non-hydrogen) atoms. The lowest BCUT2D eigenvalue weighted by Crippen LogP contribution is -2.36. The zero-order valence-corrected chi connectivity index (χ0v) is 10.9. The van der Waals surface area contributed by atoms with Crippen LogP contribution in [0.25, 0.3) is 0 Å². The molecule has 4 nitrogen and oxygen atoms in total. The van der Waals surface area contributed by atoms with Crippen molar-refractivity contribution >= 4 is 11.9 Å². The molecule has 0 aliphatic heterocycles. The van der Waals surface area contributed by atoms with Gasteiger partial charge in [0.05, 0.1) is 12.0 Å². The summed E-state index contributed by atoms with van der Waals surface area (Å²) in [7, 11) is 0. The highest BCUT2D eigenvalue weighted by molar-refractivity contribution is 5.84. The monoisotopic (exact) mass is 249 g/mol. The van der Waals surface area contributed by atoms with Crippen LogP contribution < -0.4 is 5.32 Å². The normalized spacial score (nSPS) is 15.5. The largest absolute Gasteiger partial charge is 0.481 e. The van der Waals surface area contributed by atoms with Gasteiger partial charge in [-0.1, -0.05) is 44.2 Å². The molecule has 3 unspecified atom stereocenters. The molecule has 1 rings (SSSR count). The van der Waals surface area contributed by atoms with Crippen molar-refractivity contribution in [3.05, 3.63) is 35.9 Å². The third kappa shape index (κ3) is 3.58. The second kappa shape index (κ2) is 6.19. The van der Waals surface area contributed by atoms with Crippen molar-refractivity contribution in [3.8, 4) is 0 Å². The Morgan fingerprint density at radius 3 is 2.11 bits per heavy atom. The maximum Gasteiger partial charge on any atom is 0.307 e. The summed E-state index contributed by atoms with van der Waals surface area (Å²) in [5.41, 5.74) is 1.00. The summed E-state index contributed by atoms with van der Waals surface area (Å²) >= 11 is 0. The molecule has 98 valence electrons. The van der Waals surface area contributed by atoms with Gasteiger partial charge in [-0.05, 0) is 12.5 Å². The van der Waals surface area contributed by atoms with E-state index < -0.39 is 17.8 Å². The predicted molar refractivity (Wildman–Crippen MR) is 69.0 cm³/mol. The second-order valence-electron chi connectivity index (χ2n) is 4.56. The molecular formula is C14H19NO3. The SMILES string of the molecule is CC(NC(=O)C(C)C(C)C(=O)O)c1ccccc1. The van der Waals surface area contributed by atoms with Crippen molar-refractivity contribution in [2.75, 3.05) is 0 Å². The minimum atomic E-state index is -0.954. The van der Waals surface area contributed by atoms with Crippen LogP contribution in [-0.2, 0) is 9.59 Å². The quantitative estimate of drug-likeness (QED) is 0.840. The fraction of sp³-hybridized carbons (Fsp3) is 0.429. The molecule has 1 amide bonds. The number of benzene rings is 1. The predicted octanol–water partition coefficient (Wildman–Crippen LogP) is 2.22. The Bertz CT molecular complexity index is 416. The summed E-state index contributed by atoms with van der Waals surface area (Å²) in [4.78, 5) is 22.7. The first-order valence-electron chi connectivity index (χ1n) is 6.01. The van der Waals surface area contributed by atoms with E-state index in [9.17, 15) is 9.59 Å². The lowest BCUT2D eigenvalue weighted by Gasteiger charge is -2.20. The fourth-order valence-corrected chi connectivity index (χ4v) is 1.61. The maximum absolute atomic E-state index is 11.9. The van der Waals surface area contributed by atoms with Gasteiger partial charge in [0, 0.05) is 5.92 Å². The average molecular weight is 249 g/mol. The maximum atomic E-state index is 11.9. The Balaban J connectivity index is 2.62. The highest BCUT2D eigenvalue weighted by Gasteiger charge is 2.26. The van der Waals surface area contributed by atoms with Crippen molar-refractivity contribution in [1.29, 1.82) is 0 Å². The molecule has 0 saturated carbocycles. The number of carbonyl (C=O) groups is 2. The van der Waals surface area contributed by atoms with Gasteiger partial charge in [-0.15, -0.1) is 0 Å². The highest BCUT2D eigenvalue weighted by Crippen LogP contribution is 2.15. The third-order valence-electron chi connectivity index (χ3n) is 3.21. The van der Waals surface area contributed by atoms with Crippen LogP contribution in [0.1, 0.15) is 32.4 Å². The number of hydrogen-bond acceptors (Lipinski definition) is 2. The van der Waals surface area contributed by atoms with E-state index in [1.807, 2.05) is 37.3 Å². The van der Waals surface area contributed by atoms with Gasteiger partial charge in [0.1, 0.15) is 0 Å². The van der Waals surface area contributed by atoms with E-state index in [0.717, 1.165) is 5.56 Å². The molecule has 0 radical (unpaired) electrons. The van der Waals surface area contributed by atoms with Crippen LogP contribution in [0.2, 0.25) is 0 Å². The van der Waals surface area contributed by atoms with Crippen molar-refractivity contribution < 1.29 is 14.7 Å². The summed E-state index contributed by atoms with van der Waals surface area (Å²) in [6.07, 6.45) is 0. The Morgan fingerprint density at radius 1 is 1.06 bits per heavy atom. The minimum absolute atomic E-state index is 0.123. The topological polar surface area (TPSA) is 66.4 Å². The summed E-state index contributed by atoms with van der Waals surface area (Å²) in [5.74, 6) is -2.42. The zero-order chi connectivity index (χ0) is 13.7. The standard InChI is InChI=1S/C14H19NO3/c1-9(10(2)14(17)18)13(16)15-11(3)12-7-5-4-6-8-12/h4-11H,1-3H3,(H,15,16)(H,17,18). The number of nitrogens with one attached hydrogen (secondary N) is 1. The molecule has 0 heterocycles. The number of hydrogen-bond donors (Lipinski definition) is 2. The zero-order valence-electron chi connectivity index (χ0n) is 10.9. The number of carboxylic acid groups (broad SMARTS) is 1. The number of aliphatic carboxylic acids is 1. The lowest BCUT2D eigenvalue weighted by molar-refractivity contribution is -0.146. The number of rotatable bonds is 5. The van der Waals surface area contributed by atoms with E-state index in [0.29, 0.717) is 0 Å². The van der Waals surface area contributed by atoms with Gasteiger partial charge >= 0.3 is 5.97 Å². The van der Waals surface area contributed by atoms with E-state index >= 15 is 0 Å². The van der Waals surface area contributed by atoms with Gasteiger partial charge in [0.25, 0.3) is 0 Å². The van der Waals surface area contributed by atoms with Gasteiger partial charge in [-0.3, -0.25) is 9.59 Å². The Kier molecular flexibility index (Phi) is 4.89. The molecule has 1 aromatic rings. The third-order valence-corrected chi connectivity index (χ3v) is 3.21. The van der Waals surface area contributed by atoms with Crippen LogP contribution in [0, 0.1) is 11.8 Å². The van der Waals surface area contributed by atoms with E-state index in [1.54, 1.807) is 13.8 Å². The summed E-state index contributed by atoms with van der Waals surface area (Å²) in [6.45, 7) is 5.05. The minimum Gasteiger partial charge on any atom is -0.481 e. The van der Waals surface area contributed by atoms with E-state index in [-0.39, 0.29) is 11.9 Å². The molecule has 0 fully saturated rings. The first-order chi connectivity index (χ1) is 8.43. The van der Waals surface area contributed by atoms with Crippen LogP contribution in [0.3, 0.4) is 0 Å². The van der Waals surface area contributed by atoms with Crippen LogP contribution >= 0.6 is 0 Å². The van der Waals surface area contributed by atoms with Crippen molar-refractivity contribution in [2.24, 2.45) is 11.8 Å². The highest BCUT2D eigenvalue weighted by atomic mass is 16.4. The molecule has 3 atom stereocenters. The molecule has 0 aliphatic rings. The Morgan fingerprint density at radius 2 is 1.61 bits per heavy atom. The molecule has 0 bridgehead atoms. The Labute approximate surface area is 107 Å². The second-order valence-corrected chi connectivity index (χ2v) is 4.56.